The highest BCUT2D eigenvalue weighted by molar-refractivity contribution is 7.90. The van der Waals surface area contributed by atoms with Crippen LogP contribution in [0.4, 0.5) is 11.4 Å². The van der Waals surface area contributed by atoms with Gasteiger partial charge in [0.25, 0.3) is 0 Å². The van der Waals surface area contributed by atoms with Crippen molar-refractivity contribution in [1.29, 1.82) is 0 Å². The predicted octanol–water partition coefficient (Wildman–Crippen LogP) is 3.72. The number of sulfone groups is 1. The summed E-state index contributed by atoms with van der Waals surface area (Å²) in [4.78, 5) is 26.3. The first-order chi connectivity index (χ1) is 14.6. The van der Waals surface area contributed by atoms with E-state index in [4.69, 9.17) is 0 Å². The van der Waals surface area contributed by atoms with Crippen molar-refractivity contribution in [2.24, 2.45) is 11.8 Å². The van der Waals surface area contributed by atoms with Crippen LogP contribution in [0.25, 0.3) is 0 Å². The number of carbonyl (C=O) groups excluding carboxylic acids is 1. The second-order valence-electron chi connectivity index (χ2n) is 8.57. The molecule has 31 heavy (non-hydrogen) atoms. The number of fused-ring (bicyclic) bond motifs is 1. The van der Waals surface area contributed by atoms with Crippen LogP contribution < -0.4 is 10.2 Å². The third kappa shape index (κ3) is 4.04. The normalized spacial score (nSPS) is 23.2. The van der Waals surface area contributed by atoms with Crippen molar-refractivity contribution in [3.63, 3.8) is 0 Å². The zero-order chi connectivity index (χ0) is 22.5. The van der Waals surface area contributed by atoms with Crippen LogP contribution in [0.15, 0.2) is 47.4 Å². The van der Waals surface area contributed by atoms with Gasteiger partial charge in [-0.3, -0.25) is 4.79 Å². The summed E-state index contributed by atoms with van der Waals surface area (Å²) in [5.41, 5.74) is 2.39. The predicted molar refractivity (Wildman–Crippen MR) is 118 cm³/mol. The molecular weight excluding hydrogens is 416 g/mol. The van der Waals surface area contributed by atoms with E-state index in [0.29, 0.717) is 5.92 Å². The van der Waals surface area contributed by atoms with Crippen molar-refractivity contribution in [1.82, 2.24) is 0 Å². The van der Waals surface area contributed by atoms with Gasteiger partial charge in [0, 0.05) is 36.5 Å². The van der Waals surface area contributed by atoms with Crippen LogP contribution in [0.1, 0.15) is 48.7 Å². The summed E-state index contributed by atoms with van der Waals surface area (Å²) in [6, 6.07) is 11.2. The van der Waals surface area contributed by atoms with Crippen LogP contribution in [-0.4, -0.2) is 37.7 Å². The maximum atomic E-state index is 12.6. The molecule has 2 aromatic carbocycles. The molecule has 0 aromatic heterocycles. The van der Waals surface area contributed by atoms with Crippen LogP contribution in [0.2, 0.25) is 0 Å². The minimum absolute atomic E-state index is 0.0217. The molecule has 1 amide bonds. The zero-order valence-corrected chi connectivity index (χ0v) is 18.5. The van der Waals surface area contributed by atoms with Gasteiger partial charge in [0.05, 0.1) is 16.5 Å². The number of aromatic carboxylic acids is 1. The molecule has 164 valence electrons. The van der Waals surface area contributed by atoms with Crippen LogP contribution in [-0.2, 0) is 14.6 Å². The Morgan fingerprint density at radius 1 is 1.10 bits per heavy atom. The van der Waals surface area contributed by atoms with E-state index in [0.717, 1.165) is 29.8 Å². The summed E-state index contributed by atoms with van der Waals surface area (Å²) in [6.45, 7) is 3.63. The lowest BCUT2D eigenvalue weighted by Gasteiger charge is -2.46. The highest BCUT2D eigenvalue weighted by atomic mass is 32.2. The molecule has 0 spiro atoms. The molecule has 0 bridgehead atoms. The fourth-order valence-electron chi connectivity index (χ4n) is 4.68. The Labute approximate surface area is 182 Å². The topological polar surface area (TPSA) is 104 Å². The molecule has 0 saturated heterocycles. The average Bonchev–Trinajstić information content (AvgIpc) is 3.53. The third-order valence-corrected chi connectivity index (χ3v) is 7.41. The van der Waals surface area contributed by atoms with Gasteiger partial charge in [-0.1, -0.05) is 6.92 Å². The first kappa shape index (κ1) is 21.4. The molecule has 1 saturated carbocycles. The average molecular weight is 443 g/mol. The summed E-state index contributed by atoms with van der Waals surface area (Å²) < 4.78 is 23.5. The Hall–Kier alpha value is -2.87. The Balaban J connectivity index is 1.78. The van der Waals surface area contributed by atoms with E-state index in [9.17, 15) is 23.1 Å². The molecule has 1 aliphatic carbocycles. The van der Waals surface area contributed by atoms with E-state index in [-0.39, 0.29) is 34.4 Å². The van der Waals surface area contributed by atoms with Crippen molar-refractivity contribution in [3.8, 4) is 0 Å². The molecule has 2 aliphatic rings. The molecule has 1 heterocycles. The molecule has 3 atom stereocenters. The van der Waals surface area contributed by atoms with Gasteiger partial charge >= 0.3 is 5.97 Å². The van der Waals surface area contributed by atoms with Gasteiger partial charge in [-0.15, -0.1) is 0 Å². The van der Waals surface area contributed by atoms with Crippen LogP contribution in [0.5, 0.6) is 0 Å². The van der Waals surface area contributed by atoms with Crippen LogP contribution in [0.3, 0.4) is 0 Å². The largest absolute Gasteiger partial charge is 0.478 e. The Bertz CT molecular complexity index is 1140. The van der Waals surface area contributed by atoms with Crippen molar-refractivity contribution in [3.05, 3.63) is 53.6 Å². The summed E-state index contributed by atoms with van der Waals surface area (Å²) in [5, 5.41) is 13.0. The maximum Gasteiger partial charge on any atom is 0.335 e. The zero-order valence-electron chi connectivity index (χ0n) is 17.7. The van der Waals surface area contributed by atoms with Gasteiger partial charge in [-0.05, 0) is 66.8 Å². The monoisotopic (exact) mass is 442 g/mol. The van der Waals surface area contributed by atoms with Gasteiger partial charge in [0.1, 0.15) is 0 Å². The second kappa shape index (κ2) is 7.67. The number of rotatable bonds is 5. The number of nitrogens with zero attached hydrogens (tertiary/aromatic N) is 1. The Morgan fingerprint density at radius 3 is 2.26 bits per heavy atom. The molecular formula is C23H26N2O5S. The van der Waals surface area contributed by atoms with Crippen molar-refractivity contribution in [2.45, 2.75) is 43.7 Å². The lowest BCUT2D eigenvalue weighted by Crippen LogP contribution is -2.51. The molecule has 2 N–H and O–H groups in total. The second-order valence-corrected chi connectivity index (χ2v) is 10.6. The highest BCUT2D eigenvalue weighted by Gasteiger charge is 2.47. The minimum Gasteiger partial charge on any atom is -0.478 e. The van der Waals surface area contributed by atoms with Gasteiger partial charge in [0.2, 0.25) is 5.91 Å². The number of hydrogen-bond donors (Lipinski definition) is 2. The fraction of sp³-hybridized carbons (Fsp3) is 0.391. The van der Waals surface area contributed by atoms with Gasteiger partial charge in [0.15, 0.2) is 9.84 Å². The van der Waals surface area contributed by atoms with Crippen molar-refractivity contribution in [2.75, 3.05) is 16.5 Å². The summed E-state index contributed by atoms with van der Waals surface area (Å²) in [7, 11) is -3.29. The first-order valence-corrected chi connectivity index (χ1v) is 12.2. The van der Waals surface area contributed by atoms with E-state index in [2.05, 4.69) is 12.2 Å². The van der Waals surface area contributed by atoms with E-state index >= 15 is 0 Å². The number of carboxylic acid groups (broad SMARTS) is 1. The van der Waals surface area contributed by atoms with E-state index in [1.807, 2.05) is 4.90 Å². The van der Waals surface area contributed by atoms with Crippen LogP contribution >= 0.6 is 0 Å². The molecule has 1 fully saturated rings. The van der Waals surface area contributed by atoms with Crippen LogP contribution in [0, 0.1) is 11.8 Å². The lowest BCUT2D eigenvalue weighted by molar-refractivity contribution is -0.117. The summed E-state index contributed by atoms with van der Waals surface area (Å²) >= 11 is 0. The number of amides is 1. The Morgan fingerprint density at radius 2 is 1.74 bits per heavy atom. The molecule has 1 aliphatic heterocycles. The number of anilines is 2. The number of benzene rings is 2. The number of hydrogen-bond acceptors (Lipinski definition) is 5. The molecule has 8 heteroatoms. The highest BCUT2D eigenvalue weighted by Crippen LogP contribution is 2.50. The summed E-state index contributed by atoms with van der Waals surface area (Å²) in [6.07, 6.45) is 3.30. The smallest absolute Gasteiger partial charge is 0.335 e. The van der Waals surface area contributed by atoms with Gasteiger partial charge < -0.3 is 15.3 Å². The van der Waals surface area contributed by atoms with Gasteiger partial charge in [-0.25, -0.2) is 13.2 Å². The fourth-order valence-corrected chi connectivity index (χ4v) is 5.31. The van der Waals surface area contributed by atoms with E-state index in [1.165, 1.54) is 12.3 Å². The first-order valence-electron chi connectivity index (χ1n) is 10.3. The summed E-state index contributed by atoms with van der Waals surface area (Å²) in [5.74, 6) is -0.625. The molecule has 2 aromatic rings. The van der Waals surface area contributed by atoms with E-state index in [1.54, 1.807) is 43.3 Å². The SMILES string of the molecule is CC(=O)N1c2ccc(C(=O)O)cc2C(Nc2ccc(S(C)(=O)=O)cc2)[C@@H](C)[C@@H]1C1CC1. The lowest BCUT2D eigenvalue weighted by atomic mass is 9.79. The molecule has 0 radical (unpaired) electrons. The molecule has 4 rings (SSSR count). The minimum atomic E-state index is -3.29. The molecule has 1 unspecified atom stereocenters. The van der Waals surface area contributed by atoms with E-state index < -0.39 is 15.8 Å². The standard InChI is InChI=1S/C23H26N2O5S/c1-13-21(24-17-7-9-18(10-8-17)31(3,29)30)19-12-16(23(27)28)6-11-20(19)25(14(2)26)22(13)15-4-5-15/h6-13,15,21-22,24H,4-5H2,1-3H3,(H,27,28)/t13-,21?,22-/m1/s1. The Kier molecular flexibility index (Phi) is 5.29. The quantitative estimate of drug-likeness (QED) is 0.731. The maximum absolute atomic E-state index is 12.6. The molecule has 7 nitrogen and oxygen atoms in total. The van der Waals surface area contributed by atoms with Crippen molar-refractivity contribution >= 4 is 33.1 Å². The number of carboxylic acids is 1. The van der Waals surface area contributed by atoms with Crippen molar-refractivity contribution < 1.29 is 23.1 Å². The third-order valence-electron chi connectivity index (χ3n) is 6.28. The number of carbonyl (C=O) groups is 2. The number of nitrogens with one attached hydrogen (secondary N) is 1. The van der Waals surface area contributed by atoms with Gasteiger partial charge in [-0.2, -0.15) is 0 Å².